The normalized spacial score (nSPS) is 16.7. The van der Waals surface area contributed by atoms with Crippen LogP contribution in [-0.2, 0) is 9.59 Å². The average Bonchev–Trinajstić information content (AvgIpc) is 2.53. The highest BCUT2D eigenvalue weighted by Crippen LogP contribution is 2.30. The average molecular weight is 295 g/mol. The molecule has 0 bridgehead atoms. The minimum atomic E-state index is -0.348. The van der Waals surface area contributed by atoms with E-state index in [1.54, 1.807) is 6.92 Å². The van der Waals surface area contributed by atoms with Crippen LogP contribution in [0, 0.1) is 0 Å². The van der Waals surface area contributed by atoms with Gasteiger partial charge in [-0.2, -0.15) is 0 Å². The van der Waals surface area contributed by atoms with Gasteiger partial charge in [-0.1, -0.05) is 30.3 Å². The van der Waals surface area contributed by atoms with Gasteiger partial charge >= 0.3 is 0 Å². The summed E-state index contributed by atoms with van der Waals surface area (Å²) in [6.45, 7) is 1.79. The van der Waals surface area contributed by atoms with Crippen molar-refractivity contribution in [3.63, 3.8) is 0 Å². The molecule has 2 amide bonds. The fraction of sp³-hybridized carbons (Fsp3) is 0.176. The number of rotatable bonds is 3. The highest BCUT2D eigenvalue weighted by atomic mass is 16.2. The minimum Gasteiger partial charge on any atom is -0.372 e. The Labute approximate surface area is 128 Å². The molecule has 3 rings (SSSR count). The van der Waals surface area contributed by atoms with Gasteiger partial charge in [0.15, 0.2) is 0 Å². The van der Waals surface area contributed by atoms with E-state index in [9.17, 15) is 9.59 Å². The molecular formula is C17H17N3O2. The van der Waals surface area contributed by atoms with Crippen LogP contribution in [0.1, 0.15) is 6.92 Å². The predicted molar refractivity (Wildman–Crippen MR) is 87.0 cm³/mol. The zero-order chi connectivity index (χ0) is 15.5. The van der Waals surface area contributed by atoms with Gasteiger partial charge in [-0.05, 0) is 31.2 Å². The van der Waals surface area contributed by atoms with Gasteiger partial charge in [-0.3, -0.25) is 14.5 Å². The van der Waals surface area contributed by atoms with E-state index < -0.39 is 0 Å². The summed E-state index contributed by atoms with van der Waals surface area (Å²) in [7, 11) is 0. The molecule has 0 saturated heterocycles. The van der Waals surface area contributed by atoms with Crippen molar-refractivity contribution in [2.45, 2.75) is 13.0 Å². The molecule has 1 unspecified atom stereocenters. The van der Waals surface area contributed by atoms with E-state index in [1.165, 1.54) is 4.90 Å². The summed E-state index contributed by atoms with van der Waals surface area (Å²) in [6, 6.07) is 16.4. The number of nitrogens with one attached hydrogen (secondary N) is 2. The van der Waals surface area contributed by atoms with Crippen molar-refractivity contribution in [2.24, 2.45) is 0 Å². The lowest BCUT2D eigenvalue weighted by Gasteiger charge is -2.33. The van der Waals surface area contributed by atoms with E-state index in [-0.39, 0.29) is 24.4 Å². The van der Waals surface area contributed by atoms with Crippen molar-refractivity contribution >= 4 is 28.9 Å². The molecule has 0 radical (unpaired) electrons. The van der Waals surface area contributed by atoms with Crippen LogP contribution in [0.25, 0.3) is 0 Å². The molecule has 1 heterocycles. The molecule has 1 aliphatic rings. The summed E-state index contributed by atoms with van der Waals surface area (Å²) in [5.74, 6) is -0.328. The third-order valence-electron chi connectivity index (χ3n) is 3.56. The Kier molecular flexibility index (Phi) is 3.78. The number of carbonyl (C=O) groups excluding carboxylic acids is 2. The second kappa shape index (κ2) is 5.89. The van der Waals surface area contributed by atoms with Crippen LogP contribution in [0.5, 0.6) is 0 Å². The summed E-state index contributed by atoms with van der Waals surface area (Å²) in [4.78, 5) is 26.1. The smallest absolute Gasteiger partial charge is 0.249 e. The maximum atomic E-state index is 12.4. The largest absolute Gasteiger partial charge is 0.372 e. The number of carbonyl (C=O) groups is 2. The van der Waals surface area contributed by atoms with E-state index in [2.05, 4.69) is 10.6 Å². The molecular weight excluding hydrogens is 278 g/mol. The number of hydrogen-bond acceptors (Lipinski definition) is 3. The molecule has 0 fully saturated rings. The van der Waals surface area contributed by atoms with Crippen molar-refractivity contribution in [2.75, 3.05) is 22.1 Å². The van der Waals surface area contributed by atoms with Gasteiger partial charge in [0.05, 0.1) is 11.4 Å². The van der Waals surface area contributed by atoms with E-state index >= 15 is 0 Å². The van der Waals surface area contributed by atoms with Gasteiger partial charge in [0.25, 0.3) is 0 Å². The SMILES string of the molecule is CC1Nc2ccccc2N(CC(=O)Nc2ccccc2)C1=O. The van der Waals surface area contributed by atoms with Crippen LogP contribution in [0.4, 0.5) is 17.1 Å². The second-order valence-electron chi connectivity index (χ2n) is 5.22. The second-order valence-corrected chi connectivity index (χ2v) is 5.22. The van der Waals surface area contributed by atoms with Crippen LogP contribution >= 0.6 is 0 Å². The maximum Gasteiger partial charge on any atom is 0.249 e. The predicted octanol–water partition coefficient (Wildman–Crippen LogP) is 2.47. The third-order valence-corrected chi connectivity index (χ3v) is 3.56. The first kappa shape index (κ1) is 14.1. The van der Waals surface area contributed by atoms with E-state index in [4.69, 9.17) is 0 Å². The van der Waals surface area contributed by atoms with Gasteiger partial charge in [-0.15, -0.1) is 0 Å². The van der Waals surface area contributed by atoms with Crippen molar-refractivity contribution in [1.29, 1.82) is 0 Å². The summed E-state index contributed by atoms with van der Waals surface area (Å²) in [5, 5.41) is 5.94. The highest BCUT2D eigenvalue weighted by molar-refractivity contribution is 6.09. The van der Waals surface area contributed by atoms with E-state index in [0.717, 1.165) is 17.1 Å². The number of amides is 2. The Morgan fingerprint density at radius 3 is 2.59 bits per heavy atom. The van der Waals surface area contributed by atoms with Crippen molar-refractivity contribution in [1.82, 2.24) is 0 Å². The van der Waals surface area contributed by atoms with Crippen molar-refractivity contribution in [3.05, 3.63) is 54.6 Å². The van der Waals surface area contributed by atoms with Crippen LogP contribution < -0.4 is 15.5 Å². The molecule has 112 valence electrons. The number of hydrogen-bond donors (Lipinski definition) is 2. The molecule has 5 nitrogen and oxygen atoms in total. The number of nitrogens with zero attached hydrogens (tertiary/aromatic N) is 1. The molecule has 22 heavy (non-hydrogen) atoms. The Bertz CT molecular complexity index is 700. The first-order chi connectivity index (χ1) is 10.6. The maximum absolute atomic E-state index is 12.4. The zero-order valence-corrected chi connectivity index (χ0v) is 12.2. The molecule has 1 aliphatic heterocycles. The summed E-state index contributed by atoms with van der Waals surface area (Å²) < 4.78 is 0. The molecule has 2 aromatic rings. The molecule has 2 aromatic carbocycles. The van der Waals surface area contributed by atoms with Gasteiger partial charge in [0, 0.05) is 5.69 Å². The molecule has 2 N–H and O–H groups in total. The highest BCUT2D eigenvalue weighted by Gasteiger charge is 2.30. The van der Waals surface area contributed by atoms with Crippen LogP contribution in [0.15, 0.2) is 54.6 Å². The fourth-order valence-electron chi connectivity index (χ4n) is 2.51. The fourth-order valence-corrected chi connectivity index (χ4v) is 2.51. The first-order valence-corrected chi connectivity index (χ1v) is 7.17. The molecule has 0 spiro atoms. The van der Waals surface area contributed by atoms with Gasteiger partial charge < -0.3 is 10.6 Å². The number of benzene rings is 2. The zero-order valence-electron chi connectivity index (χ0n) is 12.2. The van der Waals surface area contributed by atoms with Crippen molar-refractivity contribution in [3.8, 4) is 0 Å². The minimum absolute atomic E-state index is 0.00321. The van der Waals surface area contributed by atoms with E-state index in [0.29, 0.717) is 0 Å². The number of anilines is 3. The summed E-state index contributed by atoms with van der Waals surface area (Å²) in [5.41, 5.74) is 2.31. The first-order valence-electron chi connectivity index (χ1n) is 7.17. The van der Waals surface area contributed by atoms with Gasteiger partial charge in [0.1, 0.15) is 12.6 Å². The number of fused-ring (bicyclic) bond motifs is 1. The molecule has 5 heteroatoms. The molecule has 0 aromatic heterocycles. The molecule has 0 aliphatic carbocycles. The van der Waals surface area contributed by atoms with Crippen molar-refractivity contribution < 1.29 is 9.59 Å². The van der Waals surface area contributed by atoms with Crippen LogP contribution in [0.3, 0.4) is 0 Å². The standard InChI is InChI=1S/C17H17N3O2/c1-12-17(22)20(15-10-6-5-9-14(15)18-12)11-16(21)19-13-7-3-2-4-8-13/h2-10,12,18H,11H2,1H3,(H,19,21). The molecule has 1 atom stereocenters. The Hall–Kier alpha value is -2.82. The Balaban J connectivity index is 1.79. The monoisotopic (exact) mass is 295 g/mol. The lowest BCUT2D eigenvalue weighted by atomic mass is 10.1. The summed E-state index contributed by atoms with van der Waals surface area (Å²) >= 11 is 0. The number of para-hydroxylation sites is 3. The Morgan fingerprint density at radius 1 is 1.14 bits per heavy atom. The summed E-state index contributed by atoms with van der Waals surface area (Å²) in [6.07, 6.45) is 0. The van der Waals surface area contributed by atoms with E-state index in [1.807, 2.05) is 54.6 Å². The quantitative estimate of drug-likeness (QED) is 0.914. The lowest BCUT2D eigenvalue weighted by Crippen LogP contribution is -2.48. The third kappa shape index (κ3) is 2.79. The topological polar surface area (TPSA) is 61.4 Å². The van der Waals surface area contributed by atoms with Gasteiger partial charge in [0.2, 0.25) is 11.8 Å². The lowest BCUT2D eigenvalue weighted by molar-refractivity contribution is -0.122. The van der Waals surface area contributed by atoms with Crippen LogP contribution in [-0.4, -0.2) is 24.4 Å². The van der Waals surface area contributed by atoms with Gasteiger partial charge in [-0.25, -0.2) is 0 Å². The molecule has 0 saturated carbocycles. The Morgan fingerprint density at radius 2 is 1.82 bits per heavy atom. The van der Waals surface area contributed by atoms with Crippen LogP contribution in [0.2, 0.25) is 0 Å².